The van der Waals surface area contributed by atoms with Gasteiger partial charge in [-0.05, 0) is 43.5 Å². The molecule has 22 heavy (non-hydrogen) atoms. The molecule has 0 radical (unpaired) electrons. The van der Waals surface area contributed by atoms with Gasteiger partial charge < -0.3 is 5.32 Å². The lowest BCUT2D eigenvalue weighted by Crippen LogP contribution is -2.15. The Morgan fingerprint density at radius 1 is 1.32 bits per heavy atom. The molecular formula is C16H14FN3OS. The first-order valence-corrected chi connectivity index (χ1v) is 7.90. The van der Waals surface area contributed by atoms with E-state index in [0.717, 1.165) is 4.90 Å². The molecule has 0 saturated heterocycles. The molecule has 6 heteroatoms. The number of pyridine rings is 1. The first kappa shape index (κ1) is 14.6. The van der Waals surface area contributed by atoms with Crippen molar-refractivity contribution in [3.63, 3.8) is 0 Å². The van der Waals surface area contributed by atoms with Crippen molar-refractivity contribution in [3.8, 4) is 0 Å². The number of amides is 1. The Bertz CT molecular complexity index is 860. The number of fused-ring (bicyclic) bond motifs is 1. The monoisotopic (exact) mass is 315 g/mol. The van der Waals surface area contributed by atoms with Crippen molar-refractivity contribution in [1.29, 1.82) is 0 Å². The van der Waals surface area contributed by atoms with Gasteiger partial charge in [0.05, 0.1) is 5.69 Å². The van der Waals surface area contributed by atoms with E-state index in [2.05, 4.69) is 10.3 Å². The zero-order valence-electron chi connectivity index (χ0n) is 12.1. The number of aryl methyl sites for hydroxylation is 1. The van der Waals surface area contributed by atoms with Gasteiger partial charge in [-0.3, -0.25) is 9.20 Å². The summed E-state index contributed by atoms with van der Waals surface area (Å²) in [5, 5.41) is 2.84. The Morgan fingerprint density at radius 3 is 2.91 bits per heavy atom. The van der Waals surface area contributed by atoms with Gasteiger partial charge in [0.15, 0.2) is 0 Å². The molecule has 112 valence electrons. The Hall–Kier alpha value is -2.34. The average Bonchev–Trinajstić information content (AvgIpc) is 2.82. The van der Waals surface area contributed by atoms with Crippen LogP contribution in [0.25, 0.3) is 5.65 Å². The van der Waals surface area contributed by atoms with E-state index < -0.39 is 5.82 Å². The smallest absolute Gasteiger partial charge is 0.274 e. The largest absolute Gasteiger partial charge is 0.321 e. The number of imidazole rings is 1. The van der Waals surface area contributed by atoms with Crippen LogP contribution in [-0.2, 0) is 0 Å². The summed E-state index contributed by atoms with van der Waals surface area (Å²) in [4.78, 5) is 17.9. The molecule has 0 aliphatic rings. The van der Waals surface area contributed by atoms with Crippen molar-refractivity contribution < 1.29 is 9.18 Å². The Morgan fingerprint density at radius 2 is 2.14 bits per heavy atom. The third-order valence-corrected chi connectivity index (χ3v) is 4.02. The highest BCUT2D eigenvalue weighted by atomic mass is 32.2. The maximum atomic E-state index is 13.4. The Kier molecular flexibility index (Phi) is 3.85. The molecule has 0 aliphatic carbocycles. The van der Waals surface area contributed by atoms with Gasteiger partial charge in [-0.15, -0.1) is 11.8 Å². The van der Waals surface area contributed by atoms with Gasteiger partial charge in [-0.2, -0.15) is 0 Å². The van der Waals surface area contributed by atoms with Gasteiger partial charge in [0.2, 0.25) is 0 Å². The fourth-order valence-electron chi connectivity index (χ4n) is 2.30. The molecule has 0 aliphatic heterocycles. The molecule has 0 spiro atoms. The molecule has 0 fully saturated rings. The minimum atomic E-state index is -0.414. The summed E-state index contributed by atoms with van der Waals surface area (Å²) in [5.41, 5.74) is 2.14. The van der Waals surface area contributed by atoms with Crippen molar-refractivity contribution in [3.05, 3.63) is 59.8 Å². The van der Waals surface area contributed by atoms with Crippen LogP contribution in [0, 0.1) is 12.7 Å². The predicted molar refractivity (Wildman–Crippen MR) is 86.1 cm³/mol. The molecular weight excluding hydrogens is 301 g/mol. The number of carbonyl (C=O) groups excluding carboxylic acids is 1. The quantitative estimate of drug-likeness (QED) is 0.749. The van der Waals surface area contributed by atoms with Gasteiger partial charge in [0.25, 0.3) is 5.91 Å². The molecule has 0 bridgehead atoms. The van der Waals surface area contributed by atoms with Crippen LogP contribution in [-0.4, -0.2) is 21.5 Å². The lowest BCUT2D eigenvalue weighted by atomic mass is 10.3. The van der Waals surface area contributed by atoms with Gasteiger partial charge in [0.1, 0.15) is 17.2 Å². The second kappa shape index (κ2) is 5.81. The van der Waals surface area contributed by atoms with Crippen molar-refractivity contribution >= 4 is 29.0 Å². The number of carbonyl (C=O) groups is 1. The number of nitrogens with one attached hydrogen (secondary N) is 1. The van der Waals surface area contributed by atoms with Crippen molar-refractivity contribution in [1.82, 2.24) is 9.38 Å². The number of hydrogen-bond acceptors (Lipinski definition) is 3. The fourth-order valence-corrected chi connectivity index (χ4v) is 2.76. The second-order valence-electron chi connectivity index (χ2n) is 4.81. The van der Waals surface area contributed by atoms with E-state index in [4.69, 9.17) is 0 Å². The number of anilines is 1. The van der Waals surface area contributed by atoms with Gasteiger partial charge in [0, 0.05) is 16.8 Å². The molecule has 1 aromatic carbocycles. The molecule has 1 N–H and O–H groups in total. The minimum absolute atomic E-state index is 0.311. The highest BCUT2D eigenvalue weighted by Gasteiger charge is 2.17. The maximum absolute atomic E-state index is 13.4. The van der Waals surface area contributed by atoms with Crippen LogP contribution in [0.5, 0.6) is 0 Å². The van der Waals surface area contributed by atoms with Crippen LogP contribution in [0.15, 0.2) is 47.5 Å². The summed E-state index contributed by atoms with van der Waals surface area (Å²) in [7, 11) is 0. The molecule has 0 atom stereocenters. The van der Waals surface area contributed by atoms with E-state index in [1.54, 1.807) is 24.8 Å². The summed E-state index contributed by atoms with van der Waals surface area (Å²) >= 11 is 1.60. The summed E-state index contributed by atoms with van der Waals surface area (Å²) in [5.74, 6) is -0.725. The lowest BCUT2D eigenvalue weighted by molar-refractivity contribution is 0.102. The zero-order valence-corrected chi connectivity index (χ0v) is 12.9. The molecule has 3 rings (SSSR count). The normalized spacial score (nSPS) is 10.9. The van der Waals surface area contributed by atoms with Gasteiger partial charge in [-0.25, -0.2) is 9.37 Å². The summed E-state index contributed by atoms with van der Waals surface area (Å²) in [6.07, 6.45) is 3.24. The van der Waals surface area contributed by atoms with Crippen LogP contribution in [0.3, 0.4) is 0 Å². The minimum Gasteiger partial charge on any atom is -0.321 e. The summed E-state index contributed by atoms with van der Waals surface area (Å²) in [6.45, 7) is 1.73. The molecule has 3 aromatic rings. The van der Waals surface area contributed by atoms with Crippen molar-refractivity contribution in [2.75, 3.05) is 11.6 Å². The van der Waals surface area contributed by atoms with Crippen LogP contribution in [0.4, 0.5) is 10.1 Å². The number of nitrogens with zero attached hydrogens (tertiary/aromatic N) is 2. The zero-order chi connectivity index (χ0) is 15.7. The lowest BCUT2D eigenvalue weighted by Gasteiger charge is -2.07. The third-order valence-electron chi connectivity index (χ3n) is 3.30. The summed E-state index contributed by atoms with van der Waals surface area (Å²) < 4.78 is 14.9. The first-order valence-electron chi connectivity index (χ1n) is 6.68. The van der Waals surface area contributed by atoms with Crippen LogP contribution in [0.1, 0.15) is 16.2 Å². The molecule has 0 saturated carbocycles. The molecule has 2 heterocycles. The first-order chi connectivity index (χ1) is 10.6. The average molecular weight is 315 g/mol. The highest BCUT2D eigenvalue weighted by molar-refractivity contribution is 7.98. The molecule has 2 aromatic heterocycles. The molecule has 0 unspecified atom stereocenters. The number of halogens is 1. The number of benzene rings is 1. The number of thioether (sulfide) groups is 1. The van der Waals surface area contributed by atoms with E-state index in [0.29, 0.717) is 22.7 Å². The Balaban J connectivity index is 1.98. The van der Waals surface area contributed by atoms with E-state index in [9.17, 15) is 9.18 Å². The van der Waals surface area contributed by atoms with Gasteiger partial charge in [-0.1, -0.05) is 6.07 Å². The number of aromatic nitrogens is 2. The predicted octanol–water partition coefficient (Wildman–Crippen LogP) is 3.76. The number of rotatable bonds is 3. The fraction of sp³-hybridized carbons (Fsp3) is 0.125. The van der Waals surface area contributed by atoms with E-state index in [1.165, 1.54) is 16.7 Å². The van der Waals surface area contributed by atoms with E-state index in [1.807, 2.05) is 30.5 Å². The topological polar surface area (TPSA) is 46.4 Å². The Labute approximate surface area is 131 Å². The van der Waals surface area contributed by atoms with Crippen LogP contribution < -0.4 is 5.32 Å². The van der Waals surface area contributed by atoms with Crippen molar-refractivity contribution in [2.45, 2.75) is 11.8 Å². The third kappa shape index (κ3) is 2.69. The molecule has 1 amide bonds. The van der Waals surface area contributed by atoms with Crippen molar-refractivity contribution in [2.24, 2.45) is 0 Å². The van der Waals surface area contributed by atoms with Crippen LogP contribution >= 0.6 is 11.8 Å². The van der Waals surface area contributed by atoms with Gasteiger partial charge >= 0.3 is 0 Å². The van der Waals surface area contributed by atoms with E-state index >= 15 is 0 Å². The standard InChI is InChI=1S/C16H14FN3OS/c1-10-15(20-9-11(17)6-7-14(20)18-10)16(21)19-12-4-3-5-13(8-12)22-2/h3-9H,1-2H3,(H,19,21). The highest BCUT2D eigenvalue weighted by Crippen LogP contribution is 2.20. The maximum Gasteiger partial charge on any atom is 0.274 e. The molecule has 4 nitrogen and oxygen atoms in total. The number of hydrogen-bond donors (Lipinski definition) is 1. The second-order valence-corrected chi connectivity index (χ2v) is 5.69. The summed E-state index contributed by atoms with van der Waals surface area (Å²) in [6, 6.07) is 10.4. The van der Waals surface area contributed by atoms with E-state index in [-0.39, 0.29) is 5.91 Å². The SMILES string of the molecule is CSc1cccc(NC(=O)c2c(C)nc3ccc(F)cn23)c1. The van der Waals surface area contributed by atoms with Crippen LogP contribution in [0.2, 0.25) is 0 Å².